The maximum absolute atomic E-state index is 11.5. The van der Waals surface area contributed by atoms with Crippen LogP contribution in [0.25, 0.3) is 0 Å². The van der Waals surface area contributed by atoms with Crippen molar-refractivity contribution in [2.75, 3.05) is 19.6 Å². The summed E-state index contributed by atoms with van der Waals surface area (Å²) in [6.45, 7) is 3.27. The number of aryl methyl sites for hydroxylation is 2. The highest BCUT2D eigenvalue weighted by molar-refractivity contribution is 6.01. The molecule has 118 valence electrons. The van der Waals surface area contributed by atoms with E-state index in [9.17, 15) is 9.59 Å². The van der Waals surface area contributed by atoms with Crippen LogP contribution in [-0.2, 0) is 17.6 Å². The third-order valence-corrected chi connectivity index (χ3v) is 4.60. The summed E-state index contributed by atoms with van der Waals surface area (Å²) in [5, 5.41) is 5.93. The molecule has 1 aromatic rings. The third kappa shape index (κ3) is 3.14. The van der Waals surface area contributed by atoms with E-state index >= 15 is 0 Å². The molecule has 2 N–H and O–H groups in total. The number of benzene rings is 1. The molecular weight excluding hydrogens is 278 g/mol. The van der Waals surface area contributed by atoms with Crippen molar-refractivity contribution in [3.63, 3.8) is 0 Å². The Morgan fingerprint density at radius 2 is 2.00 bits per heavy atom. The van der Waals surface area contributed by atoms with Crippen molar-refractivity contribution in [1.29, 1.82) is 0 Å². The summed E-state index contributed by atoms with van der Waals surface area (Å²) >= 11 is 0. The predicted octanol–water partition coefficient (Wildman–Crippen LogP) is 1.77. The van der Waals surface area contributed by atoms with E-state index < -0.39 is 0 Å². The van der Waals surface area contributed by atoms with E-state index in [4.69, 9.17) is 0 Å². The minimum absolute atomic E-state index is 0.124. The summed E-state index contributed by atoms with van der Waals surface area (Å²) in [4.78, 5) is 24.2. The Labute approximate surface area is 131 Å². The molecule has 0 bridgehead atoms. The van der Waals surface area contributed by atoms with Crippen molar-refractivity contribution in [2.24, 2.45) is 0 Å². The smallest absolute Gasteiger partial charge is 0.324 e. The van der Waals surface area contributed by atoms with Gasteiger partial charge in [0.05, 0.1) is 6.54 Å². The summed E-state index contributed by atoms with van der Waals surface area (Å²) in [6, 6.07) is 6.68. The van der Waals surface area contributed by atoms with Gasteiger partial charge in [-0.15, -0.1) is 0 Å². The molecular formula is C17H23N3O2. The van der Waals surface area contributed by atoms with Gasteiger partial charge >= 0.3 is 6.03 Å². The summed E-state index contributed by atoms with van der Waals surface area (Å²) < 4.78 is 0. The first kappa shape index (κ1) is 15.0. The second-order valence-corrected chi connectivity index (χ2v) is 6.12. The topological polar surface area (TPSA) is 61.4 Å². The number of amides is 3. The standard InChI is InChI=1S/C17H23N3O2/c1-12(18-8-9-20-16(21)11-19-17(20)22)14-7-6-13-4-2-3-5-15(13)10-14/h6-7,10,12,18H,2-5,8-9,11H2,1H3,(H,19,22)/t12-/m1/s1. The Hall–Kier alpha value is -1.88. The van der Waals surface area contributed by atoms with Gasteiger partial charge in [0.1, 0.15) is 0 Å². The predicted molar refractivity (Wildman–Crippen MR) is 84.6 cm³/mol. The van der Waals surface area contributed by atoms with E-state index in [1.54, 1.807) is 0 Å². The van der Waals surface area contributed by atoms with Gasteiger partial charge in [-0.2, -0.15) is 0 Å². The molecule has 0 unspecified atom stereocenters. The first-order valence-electron chi connectivity index (χ1n) is 8.08. The largest absolute Gasteiger partial charge is 0.329 e. The lowest BCUT2D eigenvalue weighted by Crippen LogP contribution is -2.37. The average molecular weight is 301 g/mol. The third-order valence-electron chi connectivity index (χ3n) is 4.60. The number of fused-ring (bicyclic) bond motifs is 1. The van der Waals surface area contributed by atoms with Gasteiger partial charge in [-0.05, 0) is 49.3 Å². The molecule has 1 aliphatic heterocycles. The quantitative estimate of drug-likeness (QED) is 0.815. The molecule has 1 aliphatic carbocycles. The van der Waals surface area contributed by atoms with Crippen LogP contribution in [0.5, 0.6) is 0 Å². The lowest BCUT2D eigenvalue weighted by atomic mass is 9.89. The van der Waals surface area contributed by atoms with Crippen LogP contribution in [0.15, 0.2) is 18.2 Å². The molecule has 0 aromatic heterocycles. The fourth-order valence-corrected chi connectivity index (χ4v) is 3.22. The van der Waals surface area contributed by atoms with Crippen molar-refractivity contribution in [2.45, 2.75) is 38.6 Å². The van der Waals surface area contributed by atoms with Gasteiger partial charge in [-0.25, -0.2) is 4.79 Å². The summed E-state index contributed by atoms with van der Waals surface area (Å²) in [7, 11) is 0. The Kier molecular flexibility index (Phi) is 4.43. The summed E-state index contributed by atoms with van der Waals surface area (Å²) in [5.74, 6) is -0.145. The Balaban J connectivity index is 1.54. The molecule has 1 aromatic carbocycles. The maximum Gasteiger partial charge on any atom is 0.324 e. The number of nitrogens with one attached hydrogen (secondary N) is 2. The van der Waals surface area contributed by atoms with Gasteiger partial charge in [0.25, 0.3) is 0 Å². The van der Waals surface area contributed by atoms with E-state index in [1.165, 1.54) is 47.3 Å². The molecule has 22 heavy (non-hydrogen) atoms. The van der Waals surface area contributed by atoms with E-state index in [0.29, 0.717) is 13.1 Å². The lowest BCUT2D eigenvalue weighted by Gasteiger charge is -2.21. The zero-order valence-electron chi connectivity index (χ0n) is 13.0. The minimum Gasteiger partial charge on any atom is -0.329 e. The summed E-state index contributed by atoms with van der Waals surface area (Å²) in [6.07, 6.45) is 4.96. The van der Waals surface area contributed by atoms with Crippen LogP contribution in [0.4, 0.5) is 4.79 Å². The van der Waals surface area contributed by atoms with Crippen molar-refractivity contribution in [1.82, 2.24) is 15.5 Å². The molecule has 1 fully saturated rings. The molecule has 1 saturated heterocycles. The van der Waals surface area contributed by atoms with E-state index in [2.05, 4.69) is 35.8 Å². The molecule has 5 nitrogen and oxygen atoms in total. The van der Waals surface area contributed by atoms with E-state index in [1.807, 2.05) is 0 Å². The molecule has 1 atom stereocenters. The van der Waals surface area contributed by atoms with Crippen molar-refractivity contribution >= 4 is 11.9 Å². The maximum atomic E-state index is 11.5. The number of carbonyl (C=O) groups excluding carboxylic acids is 2. The van der Waals surface area contributed by atoms with Gasteiger partial charge in [-0.3, -0.25) is 9.69 Å². The minimum atomic E-state index is -0.284. The number of rotatable bonds is 5. The number of hydrogen-bond acceptors (Lipinski definition) is 3. The van der Waals surface area contributed by atoms with Gasteiger partial charge in [0, 0.05) is 19.1 Å². The van der Waals surface area contributed by atoms with Gasteiger partial charge in [-0.1, -0.05) is 18.2 Å². The average Bonchev–Trinajstić information content (AvgIpc) is 2.86. The number of carbonyl (C=O) groups is 2. The highest BCUT2D eigenvalue weighted by Crippen LogP contribution is 2.24. The van der Waals surface area contributed by atoms with Crippen LogP contribution < -0.4 is 10.6 Å². The number of imide groups is 1. The van der Waals surface area contributed by atoms with Crippen molar-refractivity contribution in [3.8, 4) is 0 Å². The Morgan fingerprint density at radius 3 is 2.73 bits per heavy atom. The van der Waals surface area contributed by atoms with Crippen LogP contribution in [0.3, 0.4) is 0 Å². The highest BCUT2D eigenvalue weighted by atomic mass is 16.2. The number of nitrogens with zero attached hydrogens (tertiary/aromatic N) is 1. The van der Waals surface area contributed by atoms with Crippen molar-refractivity contribution < 1.29 is 9.59 Å². The van der Waals surface area contributed by atoms with Crippen LogP contribution in [0, 0.1) is 0 Å². The van der Waals surface area contributed by atoms with Gasteiger partial charge < -0.3 is 10.6 Å². The SMILES string of the molecule is C[C@@H](NCCN1C(=O)CNC1=O)c1ccc2c(c1)CCCC2. The number of hydrogen-bond donors (Lipinski definition) is 2. The van der Waals surface area contributed by atoms with Gasteiger partial charge in [0.15, 0.2) is 0 Å². The normalized spacial score (nSPS) is 19.0. The van der Waals surface area contributed by atoms with Crippen molar-refractivity contribution in [3.05, 3.63) is 34.9 Å². The Bertz CT molecular complexity index is 569. The monoisotopic (exact) mass is 301 g/mol. The van der Waals surface area contributed by atoms with Crippen LogP contribution >= 0.6 is 0 Å². The molecule has 3 amide bonds. The molecule has 0 saturated carbocycles. The number of urea groups is 1. The van der Waals surface area contributed by atoms with E-state index in [0.717, 1.165) is 0 Å². The van der Waals surface area contributed by atoms with E-state index in [-0.39, 0.29) is 24.5 Å². The molecule has 3 rings (SSSR count). The summed E-state index contributed by atoms with van der Waals surface area (Å²) in [5.41, 5.74) is 4.24. The van der Waals surface area contributed by atoms with Gasteiger partial charge in [0.2, 0.25) is 5.91 Å². The fraction of sp³-hybridized carbons (Fsp3) is 0.529. The zero-order chi connectivity index (χ0) is 15.5. The molecule has 5 heteroatoms. The molecule has 0 spiro atoms. The highest BCUT2D eigenvalue weighted by Gasteiger charge is 2.27. The lowest BCUT2D eigenvalue weighted by molar-refractivity contribution is -0.124. The first-order valence-corrected chi connectivity index (χ1v) is 8.08. The van der Waals surface area contributed by atoms with Crippen LogP contribution in [0.1, 0.15) is 42.5 Å². The first-order chi connectivity index (χ1) is 10.6. The Morgan fingerprint density at radius 1 is 1.23 bits per heavy atom. The molecule has 2 aliphatic rings. The second kappa shape index (κ2) is 6.48. The van der Waals surface area contributed by atoms with Crippen LogP contribution in [-0.4, -0.2) is 36.5 Å². The molecule has 1 heterocycles. The van der Waals surface area contributed by atoms with Crippen LogP contribution in [0.2, 0.25) is 0 Å². The zero-order valence-corrected chi connectivity index (χ0v) is 13.0. The fourth-order valence-electron chi connectivity index (χ4n) is 3.22. The molecule has 0 radical (unpaired) electrons. The second-order valence-electron chi connectivity index (χ2n) is 6.12.